The van der Waals surface area contributed by atoms with Crippen molar-refractivity contribution in [2.24, 2.45) is 11.8 Å². The Hall–Kier alpha value is -1.24. The summed E-state index contributed by atoms with van der Waals surface area (Å²) >= 11 is 1.38. The molecule has 1 aromatic heterocycles. The highest BCUT2D eigenvalue weighted by atomic mass is 32.2. The van der Waals surface area contributed by atoms with E-state index in [4.69, 9.17) is 5.84 Å². The monoisotopic (exact) mass is 365 g/mol. The summed E-state index contributed by atoms with van der Waals surface area (Å²) < 4.78 is 1.60. The maximum atomic E-state index is 12.3. The summed E-state index contributed by atoms with van der Waals surface area (Å²) in [6.07, 6.45) is 9.60. The van der Waals surface area contributed by atoms with E-state index in [-0.39, 0.29) is 5.91 Å². The number of carbonyl (C=O) groups excluding carboxylic acids is 1. The molecule has 3 unspecified atom stereocenters. The Morgan fingerprint density at radius 2 is 1.92 bits per heavy atom. The molecule has 1 amide bonds. The van der Waals surface area contributed by atoms with Gasteiger partial charge in [0.15, 0.2) is 5.82 Å². The predicted octanol–water partition coefficient (Wildman–Crippen LogP) is 3.07. The number of thioether (sulfide) groups is 1. The third-order valence-electron chi connectivity index (χ3n) is 6.05. The molecule has 0 radical (unpaired) electrons. The molecule has 25 heavy (non-hydrogen) atoms. The predicted molar refractivity (Wildman–Crippen MR) is 101 cm³/mol. The lowest BCUT2D eigenvalue weighted by molar-refractivity contribution is -0.120. The van der Waals surface area contributed by atoms with Crippen LogP contribution in [0.25, 0.3) is 0 Å². The third kappa shape index (κ3) is 4.49. The summed E-state index contributed by atoms with van der Waals surface area (Å²) in [4.78, 5) is 12.3. The first-order valence-electron chi connectivity index (χ1n) is 9.68. The van der Waals surface area contributed by atoms with Crippen molar-refractivity contribution in [2.75, 3.05) is 11.6 Å². The first-order valence-corrected chi connectivity index (χ1v) is 10.7. The van der Waals surface area contributed by atoms with E-state index in [1.807, 2.05) is 0 Å². The van der Waals surface area contributed by atoms with E-state index in [1.165, 1.54) is 43.9 Å². The van der Waals surface area contributed by atoms with Gasteiger partial charge < -0.3 is 11.2 Å². The molecular formula is C18H31N5OS. The van der Waals surface area contributed by atoms with Crippen LogP contribution in [0.2, 0.25) is 0 Å². The zero-order chi connectivity index (χ0) is 17.8. The fourth-order valence-electron chi connectivity index (χ4n) is 4.19. The van der Waals surface area contributed by atoms with Gasteiger partial charge in [-0.2, -0.15) is 0 Å². The largest absolute Gasteiger partial charge is 0.352 e. The van der Waals surface area contributed by atoms with Crippen LogP contribution in [0.15, 0.2) is 5.16 Å². The minimum Gasteiger partial charge on any atom is -0.352 e. The van der Waals surface area contributed by atoms with E-state index in [9.17, 15) is 4.79 Å². The second-order valence-electron chi connectivity index (χ2n) is 7.78. The Bertz CT molecular complexity index is 584. The highest BCUT2D eigenvalue weighted by Crippen LogP contribution is 2.32. The van der Waals surface area contributed by atoms with E-state index in [0.717, 1.165) is 25.1 Å². The molecule has 6 nitrogen and oxygen atoms in total. The van der Waals surface area contributed by atoms with Crippen LogP contribution in [0.4, 0.5) is 0 Å². The van der Waals surface area contributed by atoms with Crippen molar-refractivity contribution in [1.82, 2.24) is 20.2 Å². The van der Waals surface area contributed by atoms with Gasteiger partial charge in [-0.05, 0) is 31.1 Å². The van der Waals surface area contributed by atoms with E-state index in [0.29, 0.717) is 34.7 Å². The molecule has 3 rings (SSSR count). The number of carbonyl (C=O) groups is 1. The van der Waals surface area contributed by atoms with Crippen molar-refractivity contribution < 1.29 is 4.79 Å². The van der Waals surface area contributed by atoms with Crippen LogP contribution in [-0.4, -0.2) is 32.6 Å². The number of nitrogens with one attached hydrogen (secondary N) is 1. The lowest BCUT2D eigenvalue weighted by Gasteiger charge is -2.34. The number of nitrogens with zero attached hydrogens (tertiary/aromatic N) is 3. The zero-order valence-corrected chi connectivity index (χ0v) is 16.2. The van der Waals surface area contributed by atoms with Gasteiger partial charge in [-0.3, -0.25) is 4.79 Å². The molecule has 7 heteroatoms. The van der Waals surface area contributed by atoms with Crippen molar-refractivity contribution in [3.63, 3.8) is 0 Å². The minimum atomic E-state index is 0.0677. The first kappa shape index (κ1) is 18.5. The molecule has 1 aromatic rings. The second-order valence-corrected chi connectivity index (χ2v) is 8.72. The standard InChI is InChI=1S/C18H31N5OS/c1-12-7-6-10-15(13(12)2)20-16(24)11-25-18-22-21-17(23(18)19)14-8-4-3-5-9-14/h12-15H,3-11,19H2,1-2H3,(H,20,24). The van der Waals surface area contributed by atoms with Gasteiger partial charge in [0, 0.05) is 12.0 Å². The van der Waals surface area contributed by atoms with Crippen molar-refractivity contribution >= 4 is 17.7 Å². The van der Waals surface area contributed by atoms with E-state index in [2.05, 4.69) is 29.4 Å². The number of nitrogen functional groups attached to an aromatic ring is 1. The van der Waals surface area contributed by atoms with Crippen LogP contribution in [0.3, 0.4) is 0 Å². The average molecular weight is 366 g/mol. The Balaban J connectivity index is 1.51. The maximum absolute atomic E-state index is 12.3. The molecule has 2 saturated carbocycles. The molecule has 0 aromatic carbocycles. The van der Waals surface area contributed by atoms with Gasteiger partial charge >= 0.3 is 0 Å². The Morgan fingerprint density at radius 1 is 1.16 bits per heavy atom. The van der Waals surface area contributed by atoms with Gasteiger partial charge in [-0.1, -0.05) is 57.7 Å². The number of aromatic nitrogens is 3. The number of hydrogen-bond donors (Lipinski definition) is 2. The third-order valence-corrected chi connectivity index (χ3v) is 6.99. The molecule has 0 saturated heterocycles. The summed E-state index contributed by atoms with van der Waals surface area (Å²) in [5.74, 6) is 9.10. The molecule has 1 heterocycles. The lowest BCUT2D eigenvalue weighted by Crippen LogP contribution is -2.44. The van der Waals surface area contributed by atoms with E-state index < -0.39 is 0 Å². The molecule has 0 aliphatic heterocycles. The van der Waals surface area contributed by atoms with Crippen LogP contribution in [0.5, 0.6) is 0 Å². The van der Waals surface area contributed by atoms with Crippen molar-refractivity contribution in [3.8, 4) is 0 Å². The normalized spacial score (nSPS) is 28.0. The SMILES string of the molecule is CC1CCCC(NC(=O)CSc2nnc(C3CCCCC3)n2N)C1C. The zero-order valence-electron chi connectivity index (χ0n) is 15.4. The average Bonchev–Trinajstić information content (AvgIpc) is 2.99. The van der Waals surface area contributed by atoms with Crippen LogP contribution >= 0.6 is 11.8 Å². The Labute approximate surface area is 154 Å². The molecule has 2 fully saturated rings. The van der Waals surface area contributed by atoms with E-state index in [1.54, 1.807) is 4.68 Å². The van der Waals surface area contributed by atoms with E-state index >= 15 is 0 Å². The summed E-state index contributed by atoms with van der Waals surface area (Å²) in [5, 5.41) is 12.3. The summed E-state index contributed by atoms with van der Waals surface area (Å²) in [6.45, 7) is 4.52. The summed E-state index contributed by atoms with van der Waals surface area (Å²) in [7, 11) is 0. The van der Waals surface area contributed by atoms with Crippen LogP contribution in [0, 0.1) is 11.8 Å². The molecular weight excluding hydrogens is 334 g/mol. The van der Waals surface area contributed by atoms with Crippen molar-refractivity contribution in [3.05, 3.63) is 5.82 Å². The minimum absolute atomic E-state index is 0.0677. The molecule has 2 aliphatic rings. The molecule has 0 spiro atoms. The maximum Gasteiger partial charge on any atom is 0.230 e. The topological polar surface area (TPSA) is 85.8 Å². The fourth-order valence-corrected chi connectivity index (χ4v) is 4.86. The fraction of sp³-hybridized carbons (Fsp3) is 0.833. The van der Waals surface area contributed by atoms with Crippen LogP contribution < -0.4 is 11.2 Å². The van der Waals surface area contributed by atoms with Gasteiger partial charge in [-0.15, -0.1) is 10.2 Å². The van der Waals surface area contributed by atoms with Crippen molar-refractivity contribution in [1.29, 1.82) is 0 Å². The van der Waals surface area contributed by atoms with Gasteiger partial charge in [0.05, 0.1) is 5.75 Å². The highest BCUT2D eigenvalue weighted by Gasteiger charge is 2.28. The molecule has 0 bridgehead atoms. The Morgan fingerprint density at radius 3 is 2.68 bits per heavy atom. The molecule has 2 aliphatic carbocycles. The van der Waals surface area contributed by atoms with Gasteiger partial charge in [-0.25, -0.2) is 4.68 Å². The molecule has 3 N–H and O–H groups in total. The quantitative estimate of drug-likeness (QED) is 0.619. The van der Waals surface area contributed by atoms with Crippen molar-refractivity contribution in [2.45, 2.75) is 82.3 Å². The highest BCUT2D eigenvalue weighted by molar-refractivity contribution is 7.99. The van der Waals surface area contributed by atoms with Gasteiger partial charge in [0.2, 0.25) is 11.1 Å². The number of nitrogens with two attached hydrogens (primary N) is 1. The summed E-state index contributed by atoms with van der Waals surface area (Å²) in [6, 6.07) is 0.297. The Kier molecular flexibility index (Phi) is 6.25. The smallest absolute Gasteiger partial charge is 0.230 e. The van der Waals surface area contributed by atoms with Crippen LogP contribution in [-0.2, 0) is 4.79 Å². The number of rotatable bonds is 5. The molecule has 140 valence electrons. The number of hydrogen-bond acceptors (Lipinski definition) is 5. The van der Waals surface area contributed by atoms with Gasteiger partial charge in [0.1, 0.15) is 0 Å². The molecule has 3 atom stereocenters. The van der Waals surface area contributed by atoms with Gasteiger partial charge in [0.25, 0.3) is 0 Å². The lowest BCUT2D eigenvalue weighted by atomic mass is 9.78. The van der Waals surface area contributed by atoms with Crippen LogP contribution in [0.1, 0.15) is 77.0 Å². The summed E-state index contributed by atoms with van der Waals surface area (Å²) in [5.41, 5.74) is 0. The second kappa shape index (κ2) is 8.43. The number of amides is 1. The first-order chi connectivity index (χ1) is 12.1.